The molecule has 2 aromatic carbocycles. The van der Waals surface area contributed by atoms with Crippen LogP contribution in [0.15, 0.2) is 79.1 Å². The average Bonchev–Trinajstić information content (AvgIpc) is 3.10. The molecule has 0 aliphatic carbocycles. The molecule has 0 saturated carbocycles. The first kappa shape index (κ1) is 35.3. The summed E-state index contributed by atoms with van der Waals surface area (Å²) in [4.78, 5) is 0. The average molecular weight is 661 g/mol. The standard InChI is InChI=1S/C25H29N3.2F6P/c1-3-4-5-11-18-28-24-15-10-9-14-23(24)26(2)25(28)21-16-19-27(20-17-21)22-12-7-6-8-13-22;2*1-7(2,3,4,5)6/h6-10,12-17,19-20H,3-5,11,18H2,1-2H3;;/q+2;2*-1. The van der Waals surface area contributed by atoms with E-state index in [-0.39, 0.29) is 0 Å². The van der Waals surface area contributed by atoms with Crippen molar-refractivity contribution in [2.24, 2.45) is 7.05 Å². The molecule has 0 aliphatic heterocycles. The van der Waals surface area contributed by atoms with Crippen molar-refractivity contribution in [3.63, 3.8) is 0 Å². The van der Waals surface area contributed by atoms with Gasteiger partial charge in [-0.15, -0.1) is 0 Å². The van der Waals surface area contributed by atoms with Crippen LogP contribution in [0.25, 0.3) is 28.1 Å². The number of pyridine rings is 1. The van der Waals surface area contributed by atoms with Crippen LogP contribution in [0.3, 0.4) is 0 Å². The van der Waals surface area contributed by atoms with Crippen LogP contribution in [0.2, 0.25) is 0 Å². The molecule has 0 spiro atoms. The van der Waals surface area contributed by atoms with Crippen LogP contribution in [-0.2, 0) is 13.6 Å². The van der Waals surface area contributed by atoms with Crippen molar-refractivity contribution in [2.75, 3.05) is 0 Å². The summed E-state index contributed by atoms with van der Waals surface area (Å²) < 4.78 is 125. The molecule has 4 rings (SSSR count). The summed E-state index contributed by atoms with van der Waals surface area (Å²) in [5, 5.41) is 0. The Morgan fingerprint density at radius 2 is 1.10 bits per heavy atom. The SMILES string of the molecule is CCCCCCn1c(-c2cc[n+](-c3ccccc3)cc2)[n+](C)c2ccccc21.F[P-](F)(F)(F)(F)F.F[P-](F)(F)(F)(F)F. The fourth-order valence-electron chi connectivity index (χ4n) is 4.01. The molecule has 0 bridgehead atoms. The van der Waals surface area contributed by atoms with E-state index in [2.05, 4.69) is 107 Å². The molecular formula is C25H29F12N3P2. The Morgan fingerprint density at radius 3 is 1.60 bits per heavy atom. The summed E-state index contributed by atoms with van der Waals surface area (Å²) in [7, 11) is -19.1. The van der Waals surface area contributed by atoms with E-state index < -0.39 is 15.6 Å². The minimum absolute atomic E-state index is 1.06. The van der Waals surface area contributed by atoms with Crippen LogP contribution in [0.1, 0.15) is 32.6 Å². The van der Waals surface area contributed by atoms with Gasteiger partial charge in [-0.25, -0.2) is 9.13 Å². The van der Waals surface area contributed by atoms with Gasteiger partial charge in [-0.3, -0.25) is 0 Å². The fraction of sp³-hybridized carbons (Fsp3) is 0.280. The van der Waals surface area contributed by atoms with Crippen LogP contribution < -0.4 is 9.13 Å². The first-order valence-electron chi connectivity index (χ1n) is 12.4. The van der Waals surface area contributed by atoms with Crippen molar-refractivity contribution in [3.8, 4) is 17.1 Å². The van der Waals surface area contributed by atoms with Gasteiger partial charge in [0, 0.05) is 24.3 Å². The molecule has 0 atom stereocenters. The van der Waals surface area contributed by atoms with Gasteiger partial charge in [0.15, 0.2) is 23.4 Å². The number of hydrogen-bond donors (Lipinski definition) is 0. The molecule has 2 aromatic heterocycles. The van der Waals surface area contributed by atoms with Crippen molar-refractivity contribution in [1.29, 1.82) is 0 Å². The summed E-state index contributed by atoms with van der Waals surface area (Å²) >= 11 is 0. The van der Waals surface area contributed by atoms with Crippen molar-refractivity contribution in [1.82, 2.24) is 4.57 Å². The first-order valence-corrected chi connectivity index (χ1v) is 16.4. The second kappa shape index (κ2) is 11.0. The van der Waals surface area contributed by atoms with E-state index in [9.17, 15) is 50.4 Å². The van der Waals surface area contributed by atoms with Gasteiger partial charge < -0.3 is 0 Å². The number of halogens is 12. The Balaban J connectivity index is 0.000000367. The summed E-state index contributed by atoms with van der Waals surface area (Å²) in [6.07, 6.45) is 9.40. The fourth-order valence-corrected chi connectivity index (χ4v) is 4.01. The molecule has 0 saturated heterocycles. The summed E-state index contributed by atoms with van der Waals surface area (Å²) in [5.74, 6) is 1.28. The quantitative estimate of drug-likeness (QED) is 0.0809. The zero-order valence-corrected chi connectivity index (χ0v) is 24.1. The third-order valence-electron chi connectivity index (χ3n) is 5.48. The number of aromatic nitrogens is 3. The normalized spacial score (nSPS) is 15.2. The molecule has 4 aromatic rings. The monoisotopic (exact) mass is 661 g/mol. The van der Waals surface area contributed by atoms with Gasteiger partial charge >= 0.3 is 66.0 Å². The maximum atomic E-state index is 9.87. The molecule has 238 valence electrons. The van der Waals surface area contributed by atoms with Gasteiger partial charge in [0.2, 0.25) is 5.69 Å². The molecule has 0 unspecified atom stereocenters. The molecule has 17 heteroatoms. The third-order valence-corrected chi connectivity index (χ3v) is 5.48. The summed E-state index contributed by atoms with van der Waals surface area (Å²) in [6, 6.07) is 23.6. The van der Waals surface area contributed by atoms with E-state index >= 15 is 0 Å². The Labute approximate surface area is 233 Å². The van der Waals surface area contributed by atoms with Crippen molar-refractivity contribution < 1.29 is 59.5 Å². The third kappa shape index (κ3) is 15.3. The van der Waals surface area contributed by atoms with Crippen LogP contribution >= 0.6 is 15.6 Å². The molecule has 42 heavy (non-hydrogen) atoms. The molecule has 3 nitrogen and oxygen atoms in total. The zero-order chi connectivity index (χ0) is 32.2. The Bertz CT molecular complexity index is 1430. The van der Waals surface area contributed by atoms with Crippen molar-refractivity contribution in [2.45, 2.75) is 39.2 Å². The zero-order valence-electron chi connectivity index (χ0n) is 22.3. The van der Waals surface area contributed by atoms with Crippen LogP contribution in [-0.4, -0.2) is 4.57 Å². The number of imidazole rings is 1. The van der Waals surface area contributed by atoms with Crippen LogP contribution in [0.4, 0.5) is 50.4 Å². The van der Waals surface area contributed by atoms with E-state index in [4.69, 9.17) is 0 Å². The van der Waals surface area contributed by atoms with Gasteiger partial charge in [0.25, 0.3) is 5.82 Å². The topological polar surface area (TPSA) is 12.7 Å². The molecule has 0 radical (unpaired) electrons. The Morgan fingerprint density at radius 1 is 0.619 bits per heavy atom. The minimum atomic E-state index is -10.7. The van der Waals surface area contributed by atoms with Gasteiger partial charge in [-0.1, -0.05) is 50.1 Å². The number of para-hydroxylation sites is 3. The van der Waals surface area contributed by atoms with E-state index in [1.165, 1.54) is 53.8 Å². The van der Waals surface area contributed by atoms with Gasteiger partial charge in [-0.05, 0) is 25.0 Å². The van der Waals surface area contributed by atoms with Crippen LogP contribution in [0.5, 0.6) is 0 Å². The predicted octanol–water partition coefficient (Wildman–Crippen LogP) is 11.8. The summed E-state index contributed by atoms with van der Waals surface area (Å²) in [6.45, 7) is 3.33. The number of rotatable bonds is 7. The molecule has 0 aliphatic rings. The maximum absolute atomic E-state index is 10.7. The summed E-state index contributed by atoms with van der Waals surface area (Å²) in [5.41, 5.74) is 5.03. The number of fused-ring (bicyclic) bond motifs is 1. The Kier molecular flexibility index (Phi) is 9.22. The first-order chi connectivity index (χ1) is 18.7. The second-order valence-corrected chi connectivity index (χ2v) is 13.2. The van der Waals surface area contributed by atoms with E-state index in [1.54, 1.807) is 0 Å². The molecular weight excluding hydrogens is 632 g/mol. The van der Waals surface area contributed by atoms with E-state index in [0.29, 0.717) is 0 Å². The second-order valence-electron chi connectivity index (χ2n) is 9.33. The van der Waals surface area contributed by atoms with Crippen LogP contribution in [0, 0.1) is 0 Å². The number of nitrogens with zero attached hydrogens (tertiary/aromatic N) is 3. The van der Waals surface area contributed by atoms with Crippen molar-refractivity contribution >= 4 is 26.7 Å². The molecule has 2 heterocycles. The number of aryl methyl sites for hydroxylation is 2. The number of benzene rings is 2. The van der Waals surface area contributed by atoms with Crippen molar-refractivity contribution in [3.05, 3.63) is 79.1 Å². The van der Waals surface area contributed by atoms with E-state index in [0.717, 1.165) is 6.54 Å². The molecule has 0 N–H and O–H groups in total. The van der Waals surface area contributed by atoms with Gasteiger partial charge in [-0.2, -0.15) is 4.57 Å². The van der Waals surface area contributed by atoms with Gasteiger partial charge in [0.05, 0.1) is 19.2 Å². The van der Waals surface area contributed by atoms with E-state index in [1.807, 2.05) is 0 Å². The predicted molar refractivity (Wildman–Crippen MR) is 141 cm³/mol. The number of hydrogen-bond acceptors (Lipinski definition) is 0. The number of unbranched alkanes of at least 4 members (excludes halogenated alkanes) is 3. The molecule has 0 amide bonds. The Hall–Kier alpha value is -2.92. The molecule has 0 fully saturated rings. The van der Waals surface area contributed by atoms with Gasteiger partial charge in [0.1, 0.15) is 0 Å².